The molecule has 118 valence electrons. The second kappa shape index (κ2) is 5.46. The third-order valence-electron chi connectivity index (χ3n) is 5.14. The first kappa shape index (κ1) is 14.4. The highest BCUT2D eigenvalue weighted by Crippen LogP contribution is 2.45. The number of amides is 1. The number of hydrogen-bond donors (Lipinski definition) is 1. The normalized spacial score (nSPS) is 19.6. The van der Waals surface area contributed by atoms with Gasteiger partial charge in [-0.2, -0.15) is 0 Å². The van der Waals surface area contributed by atoms with Crippen molar-refractivity contribution in [1.82, 2.24) is 4.90 Å². The van der Waals surface area contributed by atoms with Gasteiger partial charge in [-0.3, -0.25) is 9.69 Å². The number of piperidine rings is 1. The van der Waals surface area contributed by atoms with Crippen LogP contribution in [-0.4, -0.2) is 23.9 Å². The Morgan fingerprint density at radius 3 is 2.57 bits per heavy atom. The molecule has 0 unspecified atom stereocenters. The van der Waals surface area contributed by atoms with Crippen molar-refractivity contribution in [2.75, 3.05) is 18.4 Å². The first-order chi connectivity index (χ1) is 11.2. The SMILES string of the molecule is O=C1Nc2cc(F)ccc2C12CCN(Cc1ccccc1)CC2. The van der Waals surface area contributed by atoms with Crippen LogP contribution in [0.5, 0.6) is 0 Å². The fraction of sp³-hybridized carbons (Fsp3) is 0.316. The van der Waals surface area contributed by atoms with Crippen LogP contribution in [0.4, 0.5) is 10.1 Å². The number of likely N-dealkylation sites (tertiary alicyclic amines) is 1. The van der Waals surface area contributed by atoms with Crippen molar-refractivity contribution in [2.45, 2.75) is 24.8 Å². The maximum Gasteiger partial charge on any atom is 0.235 e. The summed E-state index contributed by atoms with van der Waals surface area (Å²) in [5, 5.41) is 2.87. The summed E-state index contributed by atoms with van der Waals surface area (Å²) in [7, 11) is 0. The topological polar surface area (TPSA) is 32.3 Å². The monoisotopic (exact) mass is 310 g/mol. The number of benzene rings is 2. The van der Waals surface area contributed by atoms with Gasteiger partial charge >= 0.3 is 0 Å². The Bertz CT molecular complexity index is 736. The van der Waals surface area contributed by atoms with E-state index in [1.807, 2.05) is 6.07 Å². The molecule has 0 atom stereocenters. The van der Waals surface area contributed by atoms with Gasteiger partial charge in [0.25, 0.3) is 0 Å². The summed E-state index contributed by atoms with van der Waals surface area (Å²) >= 11 is 0. The highest BCUT2D eigenvalue weighted by molar-refractivity contribution is 6.06. The van der Waals surface area contributed by atoms with Crippen LogP contribution in [0.1, 0.15) is 24.0 Å². The van der Waals surface area contributed by atoms with E-state index >= 15 is 0 Å². The van der Waals surface area contributed by atoms with Gasteiger partial charge in [0.15, 0.2) is 0 Å². The van der Waals surface area contributed by atoms with Crippen molar-refractivity contribution < 1.29 is 9.18 Å². The molecule has 0 aliphatic carbocycles. The predicted molar refractivity (Wildman–Crippen MR) is 87.7 cm³/mol. The molecule has 0 saturated carbocycles. The molecular weight excluding hydrogens is 291 g/mol. The maximum absolute atomic E-state index is 13.4. The van der Waals surface area contributed by atoms with Crippen LogP contribution >= 0.6 is 0 Å². The molecule has 1 spiro atoms. The van der Waals surface area contributed by atoms with E-state index in [-0.39, 0.29) is 11.7 Å². The quantitative estimate of drug-likeness (QED) is 0.923. The van der Waals surface area contributed by atoms with Gasteiger partial charge in [-0.15, -0.1) is 0 Å². The molecule has 2 aromatic rings. The molecule has 1 amide bonds. The molecule has 2 heterocycles. The Labute approximate surface area is 135 Å². The minimum atomic E-state index is -0.476. The largest absolute Gasteiger partial charge is 0.325 e. The van der Waals surface area contributed by atoms with Crippen LogP contribution in [0.2, 0.25) is 0 Å². The molecule has 0 bridgehead atoms. The number of anilines is 1. The van der Waals surface area contributed by atoms with E-state index in [9.17, 15) is 9.18 Å². The van der Waals surface area contributed by atoms with Gasteiger partial charge in [0.1, 0.15) is 5.82 Å². The van der Waals surface area contributed by atoms with E-state index in [2.05, 4.69) is 34.5 Å². The van der Waals surface area contributed by atoms with Gasteiger partial charge in [0, 0.05) is 12.2 Å². The molecule has 1 fully saturated rings. The smallest absolute Gasteiger partial charge is 0.235 e. The lowest BCUT2D eigenvalue weighted by Gasteiger charge is -2.38. The maximum atomic E-state index is 13.4. The van der Waals surface area contributed by atoms with Gasteiger partial charge in [0.2, 0.25) is 5.91 Å². The van der Waals surface area contributed by atoms with Crippen LogP contribution < -0.4 is 5.32 Å². The van der Waals surface area contributed by atoms with E-state index in [0.717, 1.165) is 38.0 Å². The molecule has 1 saturated heterocycles. The molecule has 23 heavy (non-hydrogen) atoms. The van der Waals surface area contributed by atoms with Crippen LogP contribution in [0.25, 0.3) is 0 Å². The predicted octanol–water partition coefficient (Wildman–Crippen LogP) is 3.31. The summed E-state index contributed by atoms with van der Waals surface area (Å²) < 4.78 is 13.4. The average molecular weight is 310 g/mol. The number of carbonyl (C=O) groups excluding carboxylic acids is 1. The van der Waals surface area contributed by atoms with Crippen LogP contribution in [0.15, 0.2) is 48.5 Å². The van der Waals surface area contributed by atoms with Gasteiger partial charge in [-0.05, 0) is 49.2 Å². The average Bonchev–Trinajstić information content (AvgIpc) is 2.82. The van der Waals surface area contributed by atoms with E-state index in [4.69, 9.17) is 0 Å². The molecular formula is C19H19FN2O. The summed E-state index contributed by atoms with van der Waals surface area (Å²) in [5.74, 6) is -0.278. The minimum Gasteiger partial charge on any atom is -0.325 e. The molecule has 4 heteroatoms. The number of halogens is 1. The van der Waals surface area contributed by atoms with Crippen molar-refractivity contribution in [3.63, 3.8) is 0 Å². The lowest BCUT2D eigenvalue weighted by molar-refractivity contribution is -0.122. The number of hydrogen-bond acceptors (Lipinski definition) is 2. The van der Waals surface area contributed by atoms with Gasteiger partial charge in [-0.25, -0.2) is 4.39 Å². The van der Waals surface area contributed by atoms with E-state index in [1.165, 1.54) is 17.7 Å². The fourth-order valence-electron chi connectivity index (χ4n) is 3.83. The summed E-state index contributed by atoms with van der Waals surface area (Å²) in [6.45, 7) is 2.66. The van der Waals surface area contributed by atoms with Crippen molar-refractivity contribution in [2.24, 2.45) is 0 Å². The molecule has 1 N–H and O–H groups in total. The van der Waals surface area contributed by atoms with E-state index in [1.54, 1.807) is 6.07 Å². The van der Waals surface area contributed by atoms with Crippen molar-refractivity contribution in [3.05, 3.63) is 65.5 Å². The number of nitrogens with zero attached hydrogens (tertiary/aromatic N) is 1. The first-order valence-electron chi connectivity index (χ1n) is 8.05. The second-order valence-corrected chi connectivity index (χ2v) is 6.49. The Kier molecular flexibility index (Phi) is 3.42. The molecule has 2 aromatic carbocycles. The summed E-state index contributed by atoms with van der Waals surface area (Å²) in [5.41, 5.74) is 2.42. The van der Waals surface area contributed by atoms with Gasteiger partial charge < -0.3 is 5.32 Å². The molecule has 0 aromatic heterocycles. The lowest BCUT2D eigenvalue weighted by Crippen LogP contribution is -2.46. The van der Waals surface area contributed by atoms with Crippen molar-refractivity contribution >= 4 is 11.6 Å². The third kappa shape index (κ3) is 2.43. The van der Waals surface area contributed by atoms with E-state index in [0.29, 0.717) is 5.69 Å². The highest BCUT2D eigenvalue weighted by atomic mass is 19.1. The molecule has 0 radical (unpaired) electrons. The molecule has 4 rings (SSSR count). The van der Waals surface area contributed by atoms with Crippen LogP contribution in [0, 0.1) is 5.82 Å². The minimum absolute atomic E-state index is 0.0254. The highest BCUT2D eigenvalue weighted by Gasteiger charge is 2.48. The van der Waals surface area contributed by atoms with Crippen LogP contribution in [0.3, 0.4) is 0 Å². The first-order valence-corrected chi connectivity index (χ1v) is 8.05. The Hall–Kier alpha value is -2.20. The molecule has 2 aliphatic rings. The van der Waals surface area contributed by atoms with Crippen molar-refractivity contribution in [3.8, 4) is 0 Å². The van der Waals surface area contributed by atoms with Gasteiger partial charge in [-0.1, -0.05) is 36.4 Å². The summed E-state index contributed by atoms with van der Waals surface area (Å²) in [4.78, 5) is 14.9. The third-order valence-corrected chi connectivity index (χ3v) is 5.14. The van der Waals surface area contributed by atoms with Crippen LogP contribution in [-0.2, 0) is 16.8 Å². The molecule has 3 nitrogen and oxygen atoms in total. The van der Waals surface area contributed by atoms with E-state index < -0.39 is 5.41 Å². The fourth-order valence-corrected chi connectivity index (χ4v) is 3.83. The number of rotatable bonds is 2. The Balaban J connectivity index is 1.52. The standard InChI is InChI=1S/C19H19FN2O/c20-15-6-7-16-17(12-15)21-18(23)19(16)8-10-22(11-9-19)13-14-4-2-1-3-5-14/h1-7,12H,8-11,13H2,(H,21,23). The zero-order chi connectivity index (χ0) is 15.9. The summed E-state index contributed by atoms with van der Waals surface area (Å²) in [6.07, 6.45) is 1.56. The molecule has 2 aliphatic heterocycles. The number of carbonyl (C=O) groups is 1. The Morgan fingerprint density at radius 1 is 1.09 bits per heavy atom. The number of fused-ring (bicyclic) bond motifs is 2. The zero-order valence-electron chi connectivity index (χ0n) is 12.9. The zero-order valence-corrected chi connectivity index (χ0v) is 12.9. The summed E-state index contributed by atoms with van der Waals surface area (Å²) in [6, 6.07) is 15.0. The van der Waals surface area contributed by atoms with Crippen molar-refractivity contribution in [1.29, 1.82) is 0 Å². The Morgan fingerprint density at radius 2 is 1.83 bits per heavy atom. The lowest BCUT2D eigenvalue weighted by atomic mass is 9.73. The second-order valence-electron chi connectivity index (χ2n) is 6.49. The van der Waals surface area contributed by atoms with Gasteiger partial charge in [0.05, 0.1) is 5.41 Å². The number of nitrogens with one attached hydrogen (secondary N) is 1.